The number of thiophene rings is 1. The molecule has 0 aliphatic heterocycles. The van der Waals surface area contributed by atoms with Crippen LogP contribution >= 0.6 is 11.3 Å². The van der Waals surface area contributed by atoms with Crippen molar-refractivity contribution in [3.8, 4) is 0 Å². The van der Waals surface area contributed by atoms with Gasteiger partial charge in [-0.15, -0.1) is 11.3 Å². The van der Waals surface area contributed by atoms with E-state index in [1.807, 2.05) is 62.4 Å². The Hall–Kier alpha value is -3.19. The van der Waals surface area contributed by atoms with Crippen molar-refractivity contribution in [2.24, 2.45) is 0 Å². The molecule has 1 aromatic heterocycles. The van der Waals surface area contributed by atoms with Gasteiger partial charge in [-0.05, 0) is 42.0 Å². The average molecular weight is 410 g/mol. The van der Waals surface area contributed by atoms with E-state index < -0.39 is 18.5 Å². The van der Waals surface area contributed by atoms with Gasteiger partial charge in [-0.1, -0.05) is 43.3 Å². The molecular formula is C22H22N2O4S. The molecule has 0 spiro atoms. The highest BCUT2D eigenvalue weighted by atomic mass is 32.1. The van der Waals surface area contributed by atoms with E-state index in [0.717, 1.165) is 33.3 Å². The number of rotatable bonds is 7. The second kappa shape index (κ2) is 9.34. The van der Waals surface area contributed by atoms with Gasteiger partial charge in [0.05, 0.1) is 6.54 Å². The highest BCUT2D eigenvalue weighted by Crippen LogP contribution is 2.30. The highest BCUT2D eigenvalue weighted by molar-refractivity contribution is 7.21. The standard InChI is InChI=1S/C22H22N2O4S/c1-3-15-8-4-6-10-17(15)24-19(25)12-23-20(26)13-28-22(27)21-14(2)16-9-5-7-11-18(16)29-21/h4-11H,3,12-13H2,1-2H3,(H,23,26)(H,24,25). The van der Waals surface area contributed by atoms with E-state index in [1.54, 1.807) is 0 Å². The zero-order valence-corrected chi connectivity index (χ0v) is 17.1. The minimum atomic E-state index is -0.542. The van der Waals surface area contributed by atoms with Gasteiger partial charge in [0, 0.05) is 10.4 Å². The number of hydrogen-bond donors (Lipinski definition) is 2. The van der Waals surface area contributed by atoms with E-state index in [-0.39, 0.29) is 12.5 Å². The molecule has 0 unspecified atom stereocenters. The maximum atomic E-state index is 12.3. The zero-order chi connectivity index (χ0) is 20.8. The largest absolute Gasteiger partial charge is 0.451 e. The van der Waals surface area contributed by atoms with Gasteiger partial charge < -0.3 is 15.4 Å². The first-order valence-corrected chi connectivity index (χ1v) is 10.1. The second-order valence-electron chi connectivity index (χ2n) is 6.46. The van der Waals surface area contributed by atoms with E-state index in [0.29, 0.717) is 4.88 Å². The number of hydrogen-bond acceptors (Lipinski definition) is 5. The molecule has 2 N–H and O–H groups in total. The van der Waals surface area contributed by atoms with Crippen molar-refractivity contribution in [3.05, 3.63) is 64.5 Å². The summed E-state index contributed by atoms with van der Waals surface area (Å²) in [5, 5.41) is 6.23. The molecule has 7 heteroatoms. The van der Waals surface area contributed by atoms with Crippen LogP contribution in [0.2, 0.25) is 0 Å². The summed E-state index contributed by atoms with van der Waals surface area (Å²) in [7, 11) is 0. The van der Waals surface area contributed by atoms with E-state index in [9.17, 15) is 14.4 Å². The molecule has 3 rings (SSSR count). The van der Waals surface area contributed by atoms with Crippen LogP contribution in [0.3, 0.4) is 0 Å². The van der Waals surface area contributed by atoms with Gasteiger partial charge in [0.1, 0.15) is 4.88 Å². The molecule has 150 valence electrons. The molecule has 0 saturated heterocycles. The maximum absolute atomic E-state index is 12.3. The van der Waals surface area contributed by atoms with Crippen LogP contribution in [0, 0.1) is 6.92 Å². The number of benzene rings is 2. The van der Waals surface area contributed by atoms with Gasteiger partial charge in [0.2, 0.25) is 5.91 Å². The number of amides is 2. The van der Waals surface area contributed by atoms with Crippen LogP contribution in [-0.4, -0.2) is 30.9 Å². The van der Waals surface area contributed by atoms with E-state index in [2.05, 4.69) is 10.6 Å². The number of fused-ring (bicyclic) bond motifs is 1. The fourth-order valence-electron chi connectivity index (χ4n) is 2.94. The third-order valence-corrected chi connectivity index (χ3v) is 5.73. The Balaban J connectivity index is 1.48. The lowest BCUT2D eigenvalue weighted by atomic mass is 10.1. The summed E-state index contributed by atoms with van der Waals surface area (Å²) < 4.78 is 6.11. The molecule has 0 fully saturated rings. The fraction of sp³-hybridized carbons (Fsp3) is 0.227. The second-order valence-corrected chi connectivity index (χ2v) is 7.52. The van der Waals surface area contributed by atoms with Gasteiger partial charge in [-0.3, -0.25) is 9.59 Å². The maximum Gasteiger partial charge on any atom is 0.349 e. The molecular weight excluding hydrogens is 388 g/mol. The Bertz CT molecular complexity index is 1060. The smallest absolute Gasteiger partial charge is 0.349 e. The van der Waals surface area contributed by atoms with E-state index in [4.69, 9.17) is 4.74 Å². The van der Waals surface area contributed by atoms with Crippen LogP contribution in [0.25, 0.3) is 10.1 Å². The number of nitrogens with one attached hydrogen (secondary N) is 2. The molecule has 6 nitrogen and oxygen atoms in total. The van der Waals surface area contributed by atoms with Crippen molar-refractivity contribution >= 4 is 44.9 Å². The van der Waals surface area contributed by atoms with Crippen molar-refractivity contribution < 1.29 is 19.1 Å². The van der Waals surface area contributed by atoms with Gasteiger partial charge in [0.25, 0.3) is 5.91 Å². The first-order valence-electron chi connectivity index (χ1n) is 9.29. The molecule has 3 aromatic rings. The summed E-state index contributed by atoms with van der Waals surface area (Å²) in [6.07, 6.45) is 0.788. The Kier molecular flexibility index (Phi) is 6.61. The summed E-state index contributed by atoms with van der Waals surface area (Å²) in [6.45, 7) is 3.22. The summed E-state index contributed by atoms with van der Waals surface area (Å²) in [4.78, 5) is 36.8. The molecule has 0 saturated carbocycles. The predicted octanol–water partition coefficient (Wildman–Crippen LogP) is 3.68. The summed E-state index contributed by atoms with van der Waals surface area (Å²) >= 11 is 1.34. The number of esters is 1. The lowest BCUT2D eigenvalue weighted by molar-refractivity contribution is -0.126. The topological polar surface area (TPSA) is 84.5 Å². The molecule has 1 heterocycles. The average Bonchev–Trinajstić information content (AvgIpc) is 3.08. The number of anilines is 1. The molecule has 0 atom stereocenters. The molecule has 0 aliphatic rings. The number of ether oxygens (including phenoxy) is 1. The lowest BCUT2D eigenvalue weighted by Crippen LogP contribution is -2.35. The van der Waals surface area contributed by atoms with Gasteiger partial charge in [-0.2, -0.15) is 0 Å². The molecule has 2 aromatic carbocycles. The molecule has 2 amide bonds. The monoisotopic (exact) mass is 410 g/mol. The normalized spacial score (nSPS) is 10.6. The Labute approximate surface area is 172 Å². The fourth-order valence-corrected chi connectivity index (χ4v) is 4.04. The van der Waals surface area contributed by atoms with Crippen molar-refractivity contribution in [2.75, 3.05) is 18.5 Å². The third kappa shape index (κ3) is 5.00. The number of carbonyl (C=O) groups is 3. The Morgan fingerprint density at radius 3 is 2.48 bits per heavy atom. The minimum absolute atomic E-state index is 0.198. The van der Waals surface area contributed by atoms with Crippen LogP contribution in [0.5, 0.6) is 0 Å². The summed E-state index contributed by atoms with van der Waals surface area (Å²) in [6, 6.07) is 15.2. The number of aryl methyl sites for hydroxylation is 2. The molecule has 0 aliphatic carbocycles. The third-order valence-electron chi connectivity index (χ3n) is 4.48. The SMILES string of the molecule is CCc1ccccc1NC(=O)CNC(=O)COC(=O)c1sc2ccccc2c1C. The van der Waals surface area contributed by atoms with Gasteiger partial charge >= 0.3 is 5.97 Å². The first kappa shape index (κ1) is 20.5. The molecule has 0 radical (unpaired) electrons. The first-order chi connectivity index (χ1) is 14.0. The van der Waals surface area contributed by atoms with Crippen molar-refractivity contribution in [1.82, 2.24) is 5.32 Å². The summed E-state index contributed by atoms with van der Waals surface area (Å²) in [5.41, 5.74) is 2.57. The Morgan fingerprint density at radius 2 is 1.72 bits per heavy atom. The quantitative estimate of drug-likeness (QED) is 0.582. The van der Waals surface area contributed by atoms with E-state index >= 15 is 0 Å². The highest BCUT2D eigenvalue weighted by Gasteiger charge is 2.18. The van der Waals surface area contributed by atoms with Crippen molar-refractivity contribution in [1.29, 1.82) is 0 Å². The number of para-hydroxylation sites is 1. The minimum Gasteiger partial charge on any atom is -0.451 e. The number of carbonyl (C=O) groups excluding carboxylic acids is 3. The lowest BCUT2D eigenvalue weighted by Gasteiger charge is -2.10. The Morgan fingerprint density at radius 1 is 1.00 bits per heavy atom. The van der Waals surface area contributed by atoms with Crippen LogP contribution < -0.4 is 10.6 Å². The van der Waals surface area contributed by atoms with Crippen LogP contribution in [0.15, 0.2) is 48.5 Å². The van der Waals surface area contributed by atoms with Crippen molar-refractivity contribution in [3.63, 3.8) is 0 Å². The molecule has 29 heavy (non-hydrogen) atoms. The predicted molar refractivity (Wildman–Crippen MR) is 114 cm³/mol. The van der Waals surface area contributed by atoms with Crippen molar-refractivity contribution in [2.45, 2.75) is 20.3 Å². The summed E-state index contributed by atoms with van der Waals surface area (Å²) in [5.74, 6) is -1.41. The van der Waals surface area contributed by atoms with Crippen LogP contribution in [0.4, 0.5) is 5.69 Å². The van der Waals surface area contributed by atoms with E-state index in [1.165, 1.54) is 11.3 Å². The zero-order valence-electron chi connectivity index (χ0n) is 16.3. The van der Waals surface area contributed by atoms with Gasteiger partial charge in [-0.25, -0.2) is 4.79 Å². The van der Waals surface area contributed by atoms with Gasteiger partial charge in [0.15, 0.2) is 6.61 Å². The van der Waals surface area contributed by atoms with Crippen LogP contribution in [-0.2, 0) is 20.7 Å². The van der Waals surface area contributed by atoms with Crippen LogP contribution in [0.1, 0.15) is 27.7 Å². The molecule has 0 bridgehead atoms.